The van der Waals surface area contributed by atoms with E-state index in [0.717, 1.165) is 42.8 Å². The van der Waals surface area contributed by atoms with Crippen LogP contribution in [0, 0.1) is 0 Å². The van der Waals surface area contributed by atoms with E-state index >= 15 is 0 Å². The Morgan fingerprint density at radius 1 is 1.36 bits per heavy atom. The van der Waals surface area contributed by atoms with E-state index in [4.69, 9.17) is 4.74 Å². The highest BCUT2D eigenvalue weighted by Crippen LogP contribution is 2.26. The summed E-state index contributed by atoms with van der Waals surface area (Å²) in [4.78, 5) is 18.0. The topological polar surface area (TPSA) is 63.1 Å². The number of carbonyl (C=O) groups excluding carboxylic acids is 1. The zero-order chi connectivity index (χ0) is 17.4. The van der Waals surface area contributed by atoms with Crippen molar-refractivity contribution >= 4 is 16.9 Å². The summed E-state index contributed by atoms with van der Waals surface area (Å²) in [6.45, 7) is 4.70. The first-order valence-electron chi connectivity index (χ1n) is 8.66. The van der Waals surface area contributed by atoms with Gasteiger partial charge >= 0.3 is 5.97 Å². The molecule has 130 valence electrons. The summed E-state index contributed by atoms with van der Waals surface area (Å²) >= 11 is 0. The van der Waals surface area contributed by atoms with E-state index in [1.165, 1.54) is 10.9 Å². The van der Waals surface area contributed by atoms with Gasteiger partial charge in [0.15, 0.2) is 5.69 Å². The number of nitrogens with zero attached hydrogens (tertiary/aromatic N) is 3. The van der Waals surface area contributed by atoms with Crippen molar-refractivity contribution in [2.24, 2.45) is 7.05 Å². The van der Waals surface area contributed by atoms with Gasteiger partial charge in [0.1, 0.15) is 0 Å². The maximum atomic E-state index is 12.3. The average Bonchev–Trinajstić information content (AvgIpc) is 3.15. The van der Waals surface area contributed by atoms with Crippen molar-refractivity contribution in [2.75, 3.05) is 13.2 Å². The van der Waals surface area contributed by atoms with Crippen molar-refractivity contribution in [1.82, 2.24) is 19.7 Å². The van der Waals surface area contributed by atoms with Crippen LogP contribution in [0.3, 0.4) is 0 Å². The molecule has 0 saturated heterocycles. The third-order valence-electron chi connectivity index (χ3n) is 4.81. The lowest BCUT2D eigenvalue weighted by molar-refractivity contribution is 0.0510. The van der Waals surface area contributed by atoms with Gasteiger partial charge in [0.05, 0.1) is 12.3 Å². The van der Waals surface area contributed by atoms with E-state index in [1.807, 2.05) is 20.0 Å². The SMILES string of the molecule is CCOC(=O)c1c2c(nn1C)CCN(Cc1c[nH]c3ccccc13)C2. The monoisotopic (exact) mass is 338 g/mol. The Hall–Kier alpha value is -2.60. The van der Waals surface area contributed by atoms with Crippen molar-refractivity contribution in [2.45, 2.75) is 26.4 Å². The molecule has 0 bridgehead atoms. The summed E-state index contributed by atoms with van der Waals surface area (Å²) in [5.74, 6) is -0.285. The number of rotatable bonds is 4. The lowest BCUT2D eigenvalue weighted by Crippen LogP contribution is -2.30. The van der Waals surface area contributed by atoms with Gasteiger partial charge in [-0.15, -0.1) is 0 Å². The molecule has 3 aromatic rings. The highest BCUT2D eigenvalue weighted by Gasteiger charge is 2.28. The van der Waals surface area contributed by atoms with Gasteiger partial charge in [0.25, 0.3) is 0 Å². The zero-order valence-electron chi connectivity index (χ0n) is 14.6. The van der Waals surface area contributed by atoms with E-state index < -0.39 is 0 Å². The number of aromatic nitrogens is 3. The van der Waals surface area contributed by atoms with Gasteiger partial charge in [-0.1, -0.05) is 18.2 Å². The van der Waals surface area contributed by atoms with Gasteiger partial charge in [-0.3, -0.25) is 9.58 Å². The number of nitrogens with one attached hydrogen (secondary N) is 1. The summed E-state index contributed by atoms with van der Waals surface area (Å²) < 4.78 is 6.87. The van der Waals surface area contributed by atoms with Crippen LogP contribution < -0.4 is 0 Å². The lowest BCUT2D eigenvalue weighted by Gasteiger charge is -2.26. The fourth-order valence-electron chi connectivity index (χ4n) is 3.65. The fourth-order valence-corrected chi connectivity index (χ4v) is 3.65. The summed E-state index contributed by atoms with van der Waals surface area (Å²) in [5, 5.41) is 5.77. The largest absolute Gasteiger partial charge is 0.461 e. The van der Waals surface area contributed by atoms with Crippen LogP contribution in [0.2, 0.25) is 0 Å². The number of hydrogen-bond acceptors (Lipinski definition) is 4. The predicted octanol–water partition coefficient (Wildman–Crippen LogP) is 2.64. The van der Waals surface area contributed by atoms with Crippen molar-refractivity contribution < 1.29 is 9.53 Å². The first kappa shape index (κ1) is 15.9. The number of esters is 1. The normalized spacial score (nSPS) is 14.6. The molecule has 6 heteroatoms. The molecule has 25 heavy (non-hydrogen) atoms. The minimum absolute atomic E-state index is 0.285. The van der Waals surface area contributed by atoms with Crippen LogP contribution in [0.25, 0.3) is 10.9 Å². The third-order valence-corrected chi connectivity index (χ3v) is 4.81. The summed E-state index contributed by atoms with van der Waals surface area (Å²) in [5.41, 5.74) is 5.04. The molecule has 0 unspecified atom stereocenters. The molecule has 6 nitrogen and oxygen atoms in total. The van der Waals surface area contributed by atoms with Crippen LogP contribution in [0.15, 0.2) is 30.5 Å². The molecule has 0 amide bonds. The molecule has 2 aromatic heterocycles. The second-order valence-corrected chi connectivity index (χ2v) is 6.44. The molecule has 0 fully saturated rings. The maximum absolute atomic E-state index is 12.3. The van der Waals surface area contributed by atoms with Gasteiger partial charge in [0.2, 0.25) is 0 Å². The molecule has 1 aliphatic heterocycles. The number of H-pyrrole nitrogens is 1. The van der Waals surface area contributed by atoms with Crippen LogP contribution in [0.1, 0.15) is 34.2 Å². The lowest BCUT2D eigenvalue weighted by atomic mass is 10.0. The number of fused-ring (bicyclic) bond motifs is 2. The highest BCUT2D eigenvalue weighted by molar-refractivity contribution is 5.89. The molecule has 0 aliphatic carbocycles. The number of carbonyl (C=O) groups is 1. The molecule has 0 spiro atoms. The Bertz CT molecular complexity index is 925. The van der Waals surface area contributed by atoms with E-state index in [-0.39, 0.29) is 5.97 Å². The van der Waals surface area contributed by atoms with Crippen molar-refractivity contribution in [3.8, 4) is 0 Å². The van der Waals surface area contributed by atoms with Crippen LogP contribution in [0.5, 0.6) is 0 Å². The smallest absolute Gasteiger partial charge is 0.356 e. The van der Waals surface area contributed by atoms with E-state index in [9.17, 15) is 4.79 Å². The van der Waals surface area contributed by atoms with Crippen LogP contribution in [0.4, 0.5) is 0 Å². The van der Waals surface area contributed by atoms with E-state index in [2.05, 4.69) is 39.4 Å². The van der Waals surface area contributed by atoms with Gasteiger partial charge in [-0.25, -0.2) is 4.79 Å². The number of para-hydroxylation sites is 1. The third kappa shape index (κ3) is 2.82. The number of benzene rings is 1. The quantitative estimate of drug-likeness (QED) is 0.743. The van der Waals surface area contributed by atoms with Crippen molar-refractivity contribution in [1.29, 1.82) is 0 Å². The summed E-state index contributed by atoms with van der Waals surface area (Å²) in [7, 11) is 1.81. The fraction of sp³-hybridized carbons (Fsp3) is 0.368. The van der Waals surface area contributed by atoms with Crippen molar-refractivity contribution in [3.63, 3.8) is 0 Å². The first-order valence-corrected chi connectivity index (χ1v) is 8.66. The maximum Gasteiger partial charge on any atom is 0.356 e. The highest BCUT2D eigenvalue weighted by atomic mass is 16.5. The van der Waals surface area contributed by atoms with Crippen LogP contribution in [-0.4, -0.2) is 38.8 Å². The van der Waals surface area contributed by atoms with Gasteiger partial charge in [-0.2, -0.15) is 5.10 Å². The molecule has 0 saturated carbocycles. The molecule has 3 heterocycles. The second-order valence-electron chi connectivity index (χ2n) is 6.44. The number of aryl methyl sites for hydroxylation is 1. The van der Waals surface area contributed by atoms with Gasteiger partial charge < -0.3 is 9.72 Å². The van der Waals surface area contributed by atoms with Gasteiger partial charge in [-0.05, 0) is 18.6 Å². The van der Waals surface area contributed by atoms with Crippen molar-refractivity contribution in [3.05, 3.63) is 53.0 Å². The Kier molecular flexibility index (Phi) is 4.05. The predicted molar refractivity (Wildman–Crippen MR) is 95.3 cm³/mol. The molecular formula is C19H22N4O2. The Morgan fingerprint density at radius 3 is 3.04 bits per heavy atom. The number of aromatic amines is 1. The first-order chi connectivity index (χ1) is 12.2. The van der Waals surface area contributed by atoms with Crippen LogP contribution >= 0.6 is 0 Å². The Morgan fingerprint density at radius 2 is 2.20 bits per heavy atom. The molecule has 1 N–H and O–H groups in total. The van der Waals surface area contributed by atoms with Crippen LogP contribution in [-0.2, 0) is 31.3 Å². The molecule has 1 aliphatic rings. The molecule has 0 atom stereocenters. The zero-order valence-corrected chi connectivity index (χ0v) is 14.6. The molecule has 0 radical (unpaired) electrons. The average molecular weight is 338 g/mol. The summed E-state index contributed by atoms with van der Waals surface area (Å²) in [6, 6.07) is 8.34. The molecular weight excluding hydrogens is 316 g/mol. The minimum Gasteiger partial charge on any atom is -0.461 e. The van der Waals surface area contributed by atoms with E-state index in [1.54, 1.807) is 4.68 Å². The standard InChI is InChI=1S/C19H22N4O2/c1-3-25-19(24)18-15-12-23(9-8-17(15)21-22(18)2)11-13-10-20-16-7-5-4-6-14(13)16/h4-7,10,20H,3,8-9,11-12H2,1-2H3. The summed E-state index contributed by atoms with van der Waals surface area (Å²) in [6.07, 6.45) is 2.93. The Balaban J connectivity index is 1.59. The van der Waals surface area contributed by atoms with E-state index in [0.29, 0.717) is 12.3 Å². The molecule has 1 aromatic carbocycles. The Labute approximate surface area is 146 Å². The number of hydrogen-bond donors (Lipinski definition) is 1. The van der Waals surface area contributed by atoms with Gasteiger partial charge in [0, 0.05) is 55.8 Å². The number of ether oxygens (including phenoxy) is 1. The molecule has 4 rings (SSSR count). The second kappa shape index (κ2) is 6.37. The minimum atomic E-state index is -0.285.